The molecule has 1 aliphatic rings. The number of carbonyl (C=O) groups is 1. The van der Waals surface area contributed by atoms with Crippen LogP contribution in [0.3, 0.4) is 0 Å². The van der Waals surface area contributed by atoms with Gasteiger partial charge in [-0.25, -0.2) is 4.98 Å². The molecule has 1 amide bonds. The number of halogens is 2. The molecule has 1 aliphatic heterocycles. The van der Waals surface area contributed by atoms with Crippen molar-refractivity contribution in [3.63, 3.8) is 0 Å². The summed E-state index contributed by atoms with van der Waals surface area (Å²) in [5.41, 5.74) is -0.290. The van der Waals surface area contributed by atoms with E-state index in [0.29, 0.717) is 4.47 Å². The molecule has 0 bridgehead atoms. The van der Waals surface area contributed by atoms with Gasteiger partial charge in [-0.1, -0.05) is 11.6 Å². The topological polar surface area (TPSA) is 76.3 Å². The van der Waals surface area contributed by atoms with Crippen LogP contribution in [0.25, 0.3) is 0 Å². The fraction of sp³-hybridized carbons (Fsp3) is 0.273. The van der Waals surface area contributed by atoms with E-state index in [9.17, 15) is 14.9 Å². The average molecular weight is 345 g/mol. The number of hydrogen-bond donors (Lipinski definition) is 0. The molecule has 1 atom stereocenters. The summed E-state index contributed by atoms with van der Waals surface area (Å²) < 4.78 is 0.296. The Hall–Kier alpha value is -1.65. The highest BCUT2D eigenvalue weighted by atomic mass is 79.9. The number of amides is 1. The zero-order valence-electron chi connectivity index (χ0n) is 9.47. The molecule has 1 aromatic heterocycles. The van der Waals surface area contributed by atoms with Crippen molar-refractivity contribution < 1.29 is 9.72 Å². The fourth-order valence-electron chi connectivity index (χ4n) is 1.80. The van der Waals surface area contributed by atoms with Crippen molar-refractivity contribution >= 4 is 44.9 Å². The summed E-state index contributed by atoms with van der Waals surface area (Å²) in [6, 6.07) is 1.22. The van der Waals surface area contributed by atoms with Gasteiger partial charge in [-0.05, 0) is 15.9 Å². The molecule has 98 valence electrons. The number of pyridine rings is 1. The van der Waals surface area contributed by atoms with Crippen molar-refractivity contribution in [1.29, 1.82) is 0 Å². The van der Waals surface area contributed by atoms with Gasteiger partial charge in [0.25, 0.3) is 0 Å². The van der Waals surface area contributed by atoms with Crippen LogP contribution in [0.1, 0.15) is 6.42 Å². The first-order valence-corrected chi connectivity index (χ1v) is 6.38. The molecule has 2 heterocycles. The minimum Gasteiger partial charge on any atom is -0.290 e. The molecule has 0 radical (unpaired) electrons. The molecule has 1 aromatic rings. The van der Waals surface area contributed by atoms with Crippen LogP contribution in [-0.4, -0.2) is 22.4 Å². The lowest BCUT2D eigenvalue weighted by Gasteiger charge is -2.15. The lowest BCUT2D eigenvalue weighted by molar-refractivity contribution is -0.384. The minimum atomic E-state index is -0.611. The molecule has 1 fully saturated rings. The summed E-state index contributed by atoms with van der Waals surface area (Å²) in [7, 11) is 0. The number of aromatic nitrogens is 1. The number of hydrogen-bond acceptors (Lipinski definition) is 4. The highest BCUT2D eigenvalue weighted by molar-refractivity contribution is 9.10. The Labute approximate surface area is 122 Å². The number of nitrogens with zero attached hydrogens (tertiary/aromatic N) is 3. The quantitative estimate of drug-likeness (QED) is 0.357. The standard InChI is InChI=1S/C11H7BrClN3O3/c1-2-6-3-9(17)15(5-6)11-8(16(18)19)4-7(12)10(13)14-11/h1,4,6H,3,5H2. The molecule has 0 saturated carbocycles. The van der Waals surface area contributed by atoms with E-state index < -0.39 is 4.92 Å². The third-order valence-corrected chi connectivity index (χ3v) is 3.83. The van der Waals surface area contributed by atoms with Crippen LogP contribution in [0.5, 0.6) is 0 Å². The summed E-state index contributed by atoms with van der Waals surface area (Å²) in [6.45, 7) is 0.209. The molecule has 0 spiro atoms. The Morgan fingerprint density at radius 1 is 1.68 bits per heavy atom. The van der Waals surface area contributed by atoms with Gasteiger partial charge in [0.15, 0.2) is 0 Å². The van der Waals surface area contributed by atoms with E-state index in [4.69, 9.17) is 18.0 Å². The number of rotatable bonds is 2. The van der Waals surface area contributed by atoms with Gasteiger partial charge in [0.1, 0.15) is 5.15 Å². The Balaban J connectivity index is 2.50. The predicted octanol–water partition coefficient (Wildman–Crippen LogP) is 2.39. The Morgan fingerprint density at radius 3 is 2.89 bits per heavy atom. The molecule has 6 nitrogen and oxygen atoms in total. The van der Waals surface area contributed by atoms with E-state index >= 15 is 0 Å². The number of anilines is 1. The smallest absolute Gasteiger partial charge is 0.290 e. The van der Waals surface area contributed by atoms with E-state index in [2.05, 4.69) is 26.8 Å². The van der Waals surface area contributed by atoms with Crippen LogP contribution >= 0.6 is 27.5 Å². The second kappa shape index (κ2) is 5.15. The molecule has 1 saturated heterocycles. The van der Waals surface area contributed by atoms with Gasteiger partial charge >= 0.3 is 5.69 Å². The van der Waals surface area contributed by atoms with E-state index in [1.54, 1.807) is 0 Å². The zero-order chi connectivity index (χ0) is 14.2. The van der Waals surface area contributed by atoms with Crippen molar-refractivity contribution in [3.05, 3.63) is 25.8 Å². The third kappa shape index (κ3) is 2.55. The highest BCUT2D eigenvalue weighted by Crippen LogP contribution is 2.35. The lowest BCUT2D eigenvalue weighted by Crippen LogP contribution is -2.26. The van der Waals surface area contributed by atoms with E-state index in [-0.39, 0.29) is 41.4 Å². The summed E-state index contributed by atoms with van der Waals surface area (Å²) in [6.07, 6.45) is 5.43. The number of carbonyl (C=O) groups excluding carboxylic acids is 1. The molecule has 0 aromatic carbocycles. The Morgan fingerprint density at radius 2 is 2.37 bits per heavy atom. The summed E-state index contributed by atoms with van der Waals surface area (Å²) in [5, 5.41) is 11.1. The van der Waals surface area contributed by atoms with Crippen molar-refractivity contribution in [2.75, 3.05) is 11.4 Å². The van der Waals surface area contributed by atoms with Gasteiger partial charge in [0.05, 0.1) is 9.40 Å². The van der Waals surface area contributed by atoms with E-state index in [1.165, 1.54) is 11.0 Å². The van der Waals surface area contributed by atoms with Gasteiger partial charge in [-0.15, -0.1) is 12.3 Å². The third-order valence-electron chi connectivity index (χ3n) is 2.71. The first-order chi connectivity index (χ1) is 8.93. The molecular formula is C11H7BrClN3O3. The van der Waals surface area contributed by atoms with Crippen molar-refractivity contribution in [2.24, 2.45) is 5.92 Å². The summed E-state index contributed by atoms with van der Waals surface area (Å²) in [4.78, 5) is 27.4. The molecule has 19 heavy (non-hydrogen) atoms. The maximum absolute atomic E-state index is 11.8. The van der Waals surface area contributed by atoms with Crippen LogP contribution < -0.4 is 4.90 Å². The minimum absolute atomic E-state index is 0.0533. The summed E-state index contributed by atoms with van der Waals surface area (Å²) in [5.74, 6) is 1.84. The lowest BCUT2D eigenvalue weighted by atomic mass is 10.1. The second-order valence-corrected chi connectivity index (χ2v) is 5.15. The van der Waals surface area contributed by atoms with Gasteiger partial charge in [-0.3, -0.25) is 19.8 Å². The average Bonchev–Trinajstić information content (AvgIpc) is 2.73. The fourth-order valence-corrected chi connectivity index (χ4v) is 2.24. The molecule has 1 unspecified atom stereocenters. The molecule has 0 N–H and O–H groups in total. The van der Waals surface area contributed by atoms with Gasteiger partial charge in [0, 0.05) is 24.9 Å². The Kier molecular flexibility index (Phi) is 3.73. The largest absolute Gasteiger partial charge is 0.313 e. The highest BCUT2D eigenvalue weighted by Gasteiger charge is 2.35. The van der Waals surface area contributed by atoms with Crippen LogP contribution in [0.2, 0.25) is 5.15 Å². The van der Waals surface area contributed by atoms with Crippen LogP contribution in [0.15, 0.2) is 10.5 Å². The number of terminal acetylenes is 1. The molecule has 8 heteroatoms. The van der Waals surface area contributed by atoms with Crippen LogP contribution in [0.4, 0.5) is 11.5 Å². The van der Waals surface area contributed by atoms with Crippen LogP contribution in [0, 0.1) is 28.4 Å². The predicted molar refractivity (Wildman–Crippen MR) is 72.9 cm³/mol. The van der Waals surface area contributed by atoms with Crippen molar-refractivity contribution in [2.45, 2.75) is 6.42 Å². The second-order valence-electron chi connectivity index (χ2n) is 3.93. The first-order valence-electron chi connectivity index (χ1n) is 5.21. The van der Waals surface area contributed by atoms with Gasteiger partial charge < -0.3 is 0 Å². The van der Waals surface area contributed by atoms with Crippen molar-refractivity contribution in [3.8, 4) is 12.3 Å². The molecule has 0 aliphatic carbocycles. The van der Waals surface area contributed by atoms with Gasteiger partial charge in [0.2, 0.25) is 11.7 Å². The maximum atomic E-state index is 11.8. The monoisotopic (exact) mass is 343 g/mol. The zero-order valence-corrected chi connectivity index (χ0v) is 11.8. The molecule has 2 rings (SSSR count). The van der Waals surface area contributed by atoms with E-state index in [0.717, 1.165) is 0 Å². The SMILES string of the molecule is C#CC1CC(=O)N(c2nc(Cl)c(Br)cc2[N+](=O)[O-])C1. The maximum Gasteiger partial charge on any atom is 0.313 e. The van der Waals surface area contributed by atoms with Crippen LogP contribution in [-0.2, 0) is 4.79 Å². The summed E-state index contributed by atoms with van der Waals surface area (Å²) >= 11 is 8.89. The number of nitro groups is 1. The molecular weight excluding hydrogens is 337 g/mol. The van der Waals surface area contributed by atoms with E-state index in [1.807, 2.05) is 0 Å². The van der Waals surface area contributed by atoms with Crippen molar-refractivity contribution in [1.82, 2.24) is 4.98 Å². The normalized spacial score (nSPS) is 18.5. The van der Waals surface area contributed by atoms with Gasteiger partial charge in [-0.2, -0.15) is 0 Å². The Bertz CT molecular complexity index is 614. The first kappa shape index (κ1) is 13.8.